The fourth-order valence-corrected chi connectivity index (χ4v) is 3.66. The maximum absolute atomic E-state index is 9.53. The summed E-state index contributed by atoms with van der Waals surface area (Å²) in [6.45, 7) is 1.54. The van der Waals surface area contributed by atoms with Crippen LogP contribution in [0.3, 0.4) is 0 Å². The van der Waals surface area contributed by atoms with Crippen molar-refractivity contribution in [3.63, 3.8) is 0 Å². The Balaban J connectivity index is 1.47. The monoisotopic (exact) mass is 441 g/mol. The van der Waals surface area contributed by atoms with Gasteiger partial charge in [-0.1, -0.05) is 91.0 Å². The first-order chi connectivity index (χ1) is 16.3. The molecule has 5 heteroatoms. The van der Waals surface area contributed by atoms with E-state index in [0.29, 0.717) is 19.8 Å². The third-order valence-electron chi connectivity index (χ3n) is 5.36. The topological polar surface area (TPSA) is 60.7 Å². The molecular formula is C28H27NO4. The Kier molecular flexibility index (Phi) is 8.26. The third kappa shape index (κ3) is 6.77. The van der Waals surface area contributed by atoms with Gasteiger partial charge in [-0.15, -0.1) is 0 Å². The first kappa shape index (κ1) is 22.8. The van der Waals surface area contributed by atoms with Gasteiger partial charge in [0, 0.05) is 6.08 Å². The van der Waals surface area contributed by atoms with E-state index in [9.17, 15) is 5.26 Å². The van der Waals surface area contributed by atoms with Crippen molar-refractivity contribution in [2.45, 2.75) is 38.1 Å². The molecule has 3 aromatic rings. The highest BCUT2D eigenvalue weighted by Gasteiger charge is 2.37. The predicted octanol–water partition coefficient (Wildman–Crippen LogP) is 5.18. The molecule has 0 saturated carbocycles. The third-order valence-corrected chi connectivity index (χ3v) is 5.36. The van der Waals surface area contributed by atoms with Gasteiger partial charge in [-0.2, -0.15) is 5.26 Å². The highest BCUT2D eigenvalue weighted by Crippen LogP contribution is 2.25. The van der Waals surface area contributed by atoms with Gasteiger partial charge in [0.1, 0.15) is 18.3 Å². The van der Waals surface area contributed by atoms with Crippen LogP contribution in [-0.2, 0) is 38.8 Å². The van der Waals surface area contributed by atoms with E-state index in [2.05, 4.69) is 6.07 Å². The second kappa shape index (κ2) is 12.0. The van der Waals surface area contributed by atoms with E-state index in [1.54, 1.807) is 6.08 Å². The SMILES string of the molecule is N#CC1=C[C@@H](OCc2ccccc2)C(OCc2ccccc2)C(COCc2ccccc2)O1. The van der Waals surface area contributed by atoms with Gasteiger partial charge in [0.25, 0.3) is 0 Å². The van der Waals surface area contributed by atoms with Crippen LogP contribution in [0.15, 0.2) is 103 Å². The van der Waals surface area contributed by atoms with Gasteiger partial charge >= 0.3 is 0 Å². The minimum Gasteiger partial charge on any atom is -0.475 e. The van der Waals surface area contributed by atoms with Crippen LogP contribution >= 0.6 is 0 Å². The largest absolute Gasteiger partial charge is 0.475 e. The molecule has 2 unspecified atom stereocenters. The number of allylic oxidation sites excluding steroid dienone is 1. The molecule has 0 spiro atoms. The summed E-state index contributed by atoms with van der Waals surface area (Å²) in [6, 6.07) is 32.0. The summed E-state index contributed by atoms with van der Waals surface area (Å²) in [5, 5.41) is 9.53. The van der Waals surface area contributed by atoms with Crippen molar-refractivity contribution in [2.75, 3.05) is 6.61 Å². The van der Waals surface area contributed by atoms with E-state index in [1.807, 2.05) is 91.0 Å². The van der Waals surface area contributed by atoms with E-state index in [0.717, 1.165) is 16.7 Å². The van der Waals surface area contributed by atoms with Crippen LogP contribution in [0, 0.1) is 11.3 Å². The van der Waals surface area contributed by atoms with Gasteiger partial charge in [0.15, 0.2) is 11.9 Å². The zero-order valence-electron chi connectivity index (χ0n) is 18.4. The summed E-state index contributed by atoms with van der Waals surface area (Å²) < 4.78 is 24.4. The summed E-state index contributed by atoms with van der Waals surface area (Å²) in [7, 11) is 0. The Labute approximate surface area is 194 Å². The van der Waals surface area contributed by atoms with Gasteiger partial charge < -0.3 is 18.9 Å². The minimum atomic E-state index is -0.474. The normalized spacial score (nSPS) is 19.8. The molecule has 1 aliphatic heterocycles. The van der Waals surface area contributed by atoms with Crippen LogP contribution < -0.4 is 0 Å². The van der Waals surface area contributed by atoms with Crippen LogP contribution in [0.2, 0.25) is 0 Å². The molecule has 0 aromatic heterocycles. The summed E-state index contributed by atoms with van der Waals surface area (Å²) in [5.74, 6) is 0.223. The molecule has 33 heavy (non-hydrogen) atoms. The Morgan fingerprint density at radius 1 is 0.697 bits per heavy atom. The predicted molar refractivity (Wildman–Crippen MR) is 125 cm³/mol. The second-order valence-corrected chi connectivity index (χ2v) is 7.82. The van der Waals surface area contributed by atoms with Crippen LogP contribution in [0.1, 0.15) is 16.7 Å². The average Bonchev–Trinajstić information content (AvgIpc) is 2.88. The molecular weight excluding hydrogens is 414 g/mol. The lowest BCUT2D eigenvalue weighted by atomic mass is 10.0. The molecule has 0 fully saturated rings. The van der Waals surface area contributed by atoms with Gasteiger partial charge in [0.05, 0.1) is 26.4 Å². The quantitative estimate of drug-likeness (QED) is 0.434. The van der Waals surface area contributed by atoms with Gasteiger partial charge in [-0.3, -0.25) is 0 Å². The van der Waals surface area contributed by atoms with Crippen molar-refractivity contribution in [1.29, 1.82) is 5.26 Å². The lowest BCUT2D eigenvalue weighted by Gasteiger charge is -2.35. The smallest absolute Gasteiger partial charge is 0.196 e. The van der Waals surface area contributed by atoms with E-state index >= 15 is 0 Å². The number of rotatable bonds is 10. The maximum Gasteiger partial charge on any atom is 0.196 e. The van der Waals surface area contributed by atoms with Crippen molar-refractivity contribution in [2.24, 2.45) is 0 Å². The number of hydrogen-bond donors (Lipinski definition) is 0. The van der Waals surface area contributed by atoms with Crippen molar-refractivity contribution >= 4 is 0 Å². The van der Waals surface area contributed by atoms with E-state index in [1.165, 1.54) is 0 Å². The highest BCUT2D eigenvalue weighted by atomic mass is 16.6. The highest BCUT2D eigenvalue weighted by molar-refractivity contribution is 5.21. The Hall–Kier alpha value is -3.43. The minimum absolute atomic E-state index is 0.223. The first-order valence-electron chi connectivity index (χ1n) is 11.0. The summed E-state index contributed by atoms with van der Waals surface area (Å²) >= 11 is 0. The van der Waals surface area contributed by atoms with Crippen molar-refractivity contribution in [3.05, 3.63) is 120 Å². The molecule has 1 heterocycles. The number of ether oxygens (including phenoxy) is 4. The van der Waals surface area contributed by atoms with Crippen LogP contribution in [0.5, 0.6) is 0 Å². The van der Waals surface area contributed by atoms with Gasteiger partial charge in [-0.25, -0.2) is 0 Å². The molecule has 5 nitrogen and oxygen atoms in total. The summed E-state index contributed by atoms with van der Waals surface area (Å²) in [4.78, 5) is 0. The first-order valence-corrected chi connectivity index (χ1v) is 11.0. The van der Waals surface area contributed by atoms with Crippen molar-refractivity contribution in [1.82, 2.24) is 0 Å². The molecule has 3 atom stereocenters. The molecule has 0 N–H and O–H groups in total. The van der Waals surface area contributed by atoms with Crippen molar-refractivity contribution in [3.8, 4) is 6.07 Å². The molecule has 168 valence electrons. The number of hydrogen-bond acceptors (Lipinski definition) is 5. The summed E-state index contributed by atoms with van der Waals surface area (Å²) in [5.41, 5.74) is 3.18. The van der Waals surface area contributed by atoms with Crippen LogP contribution in [0.25, 0.3) is 0 Å². The second-order valence-electron chi connectivity index (χ2n) is 7.82. The summed E-state index contributed by atoms with van der Waals surface area (Å²) in [6.07, 6.45) is 0.356. The lowest BCUT2D eigenvalue weighted by molar-refractivity contribution is -0.151. The molecule has 0 radical (unpaired) electrons. The molecule has 0 amide bonds. The van der Waals surface area contributed by atoms with Crippen LogP contribution in [-0.4, -0.2) is 24.9 Å². The van der Waals surface area contributed by atoms with E-state index in [4.69, 9.17) is 18.9 Å². The fourth-order valence-electron chi connectivity index (χ4n) is 3.66. The Bertz CT molecular complexity index is 1050. The van der Waals surface area contributed by atoms with Crippen molar-refractivity contribution < 1.29 is 18.9 Å². The lowest BCUT2D eigenvalue weighted by Crippen LogP contribution is -2.47. The molecule has 0 bridgehead atoms. The fraction of sp³-hybridized carbons (Fsp3) is 0.250. The number of nitrogens with zero attached hydrogens (tertiary/aromatic N) is 1. The molecule has 1 aliphatic rings. The zero-order valence-corrected chi connectivity index (χ0v) is 18.4. The Morgan fingerprint density at radius 3 is 1.76 bits per heavy atom. The van der Waals surface area contributed by atoms with E-state index < -0.39 is 18.3 Å². The zero-order chi connectivity index (χ0) is 22.7. The molecule has 4 rings (SSSR count). The van der Waals surface area contributed by atoms with Gasteiger partial charge in [-0.05, 0) is 16.7 Å². The number of benzene rings is 3. The maximum atomic E-state index is 9.53. The Morgan fingerprint density at radius 2 is 1.21 bits per heavy atom. The van der Waals surface area contributed by atoms with Crippen LogP contribution in [0.4, 0.5) is 0 Å². The van der Waals surface area contributed by atoms with E-state index in [-0.39, 0.29) is 12.4 Å². The molecule has 0 aliphatic carbocycles. The molecule has 0 saturated heterocycles. The average molecular weight is 442 g/mol. The molecule has 3 aromatic carbocycles. The van der Waals surface area contributed by atoms with Gasteiger partial charge in [0.2, 0.25) is 0 Å². The number of nitriles is 1. The standard InChI is InChI=1S/C28H27NO4/c29-17-25-16-26(31-19-23-12-6-2-7-13-23)28(32-20-24-14-8-3-9-15-24)27(33-25)21-30-18-22-10-4-1-5-11-22/h1-16,26-28H,18-21H2/t26-,27?,28?/m1/s1.